The molecule has 0 saturated carbocycles. The van der Waals surface area contributed by atoms with E-state index in [1.165, 1.54) is 0 Å². The lowest BCUT2D eigenvalue weighted by molar-refractivity contribution is 0.156. The van der Waals surface area contributed by atoms with Crippen LogP contribution in [0.1, 0.15) is 36.8 Å². The molecule has 0 aliphatic carbocycles. The van der Waals surface area contributed by atoms with Gasteiger partial charge in [-0.3, -0.25) is 0 Å². The van der Waals surface area contributed by atoms with Gasteiger partial charge in [0.2, 0.25) is 0 Å². The normalized spacial score (nSPS) is 15.4. The Kier molecular flexibility index (Phi) is 4.54. The molecule has 80 valence electrons. The zero-order chi connectivity index (χ0) is 10.6. The number of rotatable bonds is 5. The summed E-state index contributed by atoms with van der Waals surface area (Å²) in [5.41, 5.74) is 0.982. The Bertz CT molecular complexity index is 277. The number of hydrogen-bond donors (Lipinski definition) is 0. The van der Waals surface area contributed by atoms with E-state index in [1.807, 2.05) is 10.9 Å². The van der Waals surface area contributed by atoms with Crippen LogP contribution in [-0.2, 0) is 4.74 Å². The van der Waals surface area contributed by atoms with Crippen molar-refractivity contribution in [2.45, 2.75) is 31.1 Å². The lowest BCUT2D eigenvalue weighted by Crippen LogP contribution is -2.11. The summed E-state index contributed by atoms with van der Waals surface area (Å²) in [6.07, 6.45) is 2.98. The summed E-state index contributed by atoms with van der Waals surface area (Å²) < 4.78 is 6.89. The van der Waals surface area contributed by atoms with Crippen molar-refractivity contribution in [3.63, 3.8) is 0 Å². The first kappa shape index (κ1) is 11.7. The molecule has 0 bridgehead atoms. The Balaban J connectivity index is 2.67. The minimum absolute atomic E-state index is 0.234. The van der Waals surface area contributed by atoms with Crippen molar-refractivity contribution in [3.8, 4) is 0 Å². The highest BCUT2D eigenvalue weighted by Crippen LogP contribution is 2.23. The molecule has 0 amide bonds. The summed E-state index contributed by atoms with van der Waals surface area (Å²) in [5, 5.41) is 8.16. The maximum atomic E-state index is 5.05. The number of methoxy groups -OCH3 is 1. The number of nitrogens with zero attached hydrogens (tertiary/aromatic N) is 3. The van der Waals surface area contributed by atoms with Gasteiger partial charge in [0, 0.05) is 13.3 Å². The molecule has 0 spiro atoms. The van der Waals surface area contributed by atoms with Crippen LogP contribution in [0.2, 0.25) is 0 Å². The van der Waals surface area contributed by atoms with Gasteiger partial charge in [0.1, 0.15) is 0 Å². The van der Waals surface area contributed by atoms with Crippen LogP contribution < -0.4 is 0 Å². The topological polar surface area (TPSA) is 39.9 Å². The molecule has 0 aliphatic rings. The Morgan fingerprint density at radius 2 is 2.36 bits per heavy atom. The van der Waals surface area contributed by atoms with E-state index in [4.69, 9.17) is 4.74 Å². The molecular formula is C9H16BrN3O. The monoisotopic (exact) mass is 261 g/mol. The van der Waals surface area contributed by atoms with Crippen molar-refractivity contribution in [1.82, 2.24) is 15.0 Å². The van der Waals surface area contributed by atoms with Crippen molar-refractivity contribution in [2.24, 2.45) is 0 Å². The highest BCUT2D eigenvalue weighted by molar-refractivity contribution is 9.09. The van der Waals surface area contributed by atoms with Crippen molar-refractivity contribution in [2.75, 3.05) is 13.7 Å². The molecule has 0 saturated heterocycles. The van der Waals surface area contributed by atoms with Gasteiger partial charge in [0.15, 0.2) is 0 Å². The lowest BCUT2D eigenvalue weighted by Gasteiger charge is -2.08. The van der Waals surface area contributed by atoms with Crippen LogP contribution in [0, 0.1) is 0 Å². The van der Waals surface area contributed by atoms with E-state index in [1.54, 1.807) is 7.11 Å². The predicted octanol–water partition coefficient (Wildman–Crippen LogP) is 2.33. The summed E-state index contributed by atoms with van der Waals surface area (Å²) >= 11 is 3.54. The first-order chi connectivity index (χ1) is 6.69. The van der Waals surface area contributed by atoms with E-state index in [2.05, 4.69) is 40.1 Å². The van der Waals surface area contributed by atoms with Gasteiger partial charge in [-0.1, -0.05) is 28.1 Å². The first-order valence-electron chi connectivity index (χ1n) is 4.73. The molecule has 2 unspecified atom stereocenters. The molecular weight excluding hydrogens is 246 g/mol. The molecule has 4 nitrogen and oxygen atoms in total. The van der Waals surface area contributed by atoms with Gasteiger partial charge >= 0.3 is 0 Å². The summed E-state index contributed by atoms with van der Waals surface area (Å²) in [4.78, 5) is 0.297. The third-order valence-electron chi connectivity index (χ3n) is 2.07. The minimum atomic E-state index is 0.234. The van der Waals surface area contributed by atoms with E-state index in [0.29, 0.717) is 11.4 Å². The SMILES string of the molecule is CCC(Br)c1cn(C(C)COC)nn1. The van der Waals surface area contributed by atoms with E-state index in [9.17, 15) is 0 Å². The van der Waals surface area contributed by atoms with E-state index in [0.717, 1.165) is 12.1 Å². The van der Waals surface area contributed by atoms with Crippen molar-refractivity contribution in [1.29, 1.82) is 0 Å². The minimum Gasteiger partial charge on any atom is -0.382 e. The predicted molar refractivity (Wildman–Crippen MR) is 58.6 cm³/mol. The molecule has 0 N–H and O–H groups in total. The molecule has 5 heteroatoms. The van der Waals surface area contributed by atoms with Gasteiger partial charge < -0.3 is 4.74 Å². The van der Waals surface area contributed by atoms with Crippen molar-refractivity contribution >= 4 is 15.9 Å². The molecule has 1 aromatic heterocycles. The van der Waals surface area contributed by atoms with Gasteiger partial charge in [-0.15, -0.1) is 5.10 Å². The zero-order valence-electron chi connectivity index (χ0n) is 8.77. The first-order valence-corrected chi connectivity index (χ1v) is 5.65. The Morgan fingerprint density at radius 1 is 1.64 bits per heavy atom. The maximum absolute atomic E-state index is 5.05. The Hall–Kier alpha value is -0.420. The molecule has 1 rings (SSSR count). The smallest absolute Gasteiger partial charge is 0.0963 e. The number of ether oxygens (including phenoxy) is 1. The van der Waals surface area contributed by atoms with Gasteiger partial charge in [-0.2, -0.15) is 0 Å². The van der Waals surface area contributed by atoms with Crippen LogP contribution in [0.4, 0.5) is 0 Å². The van der Waals surface area contributed by atoms with Crippen molar-refractivity contribution in [3.05, 3.63) is 11.9 Å². The number of alkyl halides is 1. The summed E-state index contributed by atoms with van der Waals surface area (Å²) in [6.45, 7) is 4.82. The highest BCUT2D eigenvalue weighted by atomic mass is 79.9. The van der Waals surface area contributed by atoms with Crippen LogP contribution in [0.3, 0.4) is 0 Å². The van der Waals surface area contributed by atoms with Crippen LogP contribution in [0.15, 0.2) is 6.20 Å². The summed E-state index contributed by atoms with van der Waals surface area (Å²) in [7, 11) is 1.69. The van der Waals surface area contributed by atoms with Crippen LogP contribution in [0.25, 0.3) is 0 Å². The zero-order valence-corrected chi connectivity index (χ0v) is 10.4. The van der Waals surface area contributed by atoms with Crippen LogP contribution in [-0.4, -0.2) is 28.7 Å². The van der Waals surface area contributed by atoms with Gasteiger partial charge in [-0.05, 0) is 13.3 Å². The summed E-state index contributed by atoms with van der Waals surface area (Å²) in [5.74, 6) is 0. The van der Waals surface area contributed by atoms with Gasteiger partial charge in [-0.25, -0.2) is 4.68 Å². The van der Waals surface area contributed by atoms with Crippen LogP contribution >= 0.6 is 15.9 Å². The fourth-order valence-corrected chi connectivity index (χ4v) is 1.39. The molecule has 14 heavy (non-hydrogen) atoms. The second-order valence-corrected chi connectivity index (χ2v) is 4.41. The maximum Gasteiger partial charge on any atom is 0.0963 e. The number of halogens is 1. The van der Waals surface area contributed by atoms with Gasteiger partial charge in [0.05, 0.1) is 23.2 Å². The third-order valence-corrected chi connectivity index (χ3v) is 3.18. The highest BCUT2D eigenvalue weighted by Gasteiger charge is 2.12. The van der Waals surface area contributed by atoms with Crippen molar-refractivity contribution < 1.29 is 4.74 Å². The Morgan fingerprint density at radius 3 is 2.93 bits per heavy atom. The average molecular weight is 262 g/mol. The quantitative estimate of drug-likeness (QED) is 0.764. The standard InChI is InChI=1S/C9H16BrN3O/c1-4-8(10)9-5-13(12-11-9)7(2)6-14-3/h5,7-8H,4,6H2,1-3H3. The van der Waals surface area contributed by atoms with E-state index in [-0.39, 0.29) is 6.04 Å². The molecule has 0 aliphatic heterocycles. The molecule has 2 atom stereocenters. The molecule has 0 radical (unpaired) electrons. The van der Waals surface area contributed by atoms with Crippen LogP contribution in [0.5, 0.6) is 0 Å². The fourth-order valence-electron chi connectivity index (χ4n) is 1.18. The summed E-state index contributed by atoms with van der Waals surface area (Å²) in [6, 6.07) is 0.234. The van der Waals surface area contributed by atoms with E-state index >= 15 is 0 Å². The van der Waals surface area contributed by atoms with Gasteiger partial charge in [0.25, 0.3) is 0 Å². The molecule has 0 aromatic carbocycles. The number of aromatic nitrogens is 3. The average Bonchev–Trinajstić information content (AvgIpc) is 2.66. The second kappa shape index (κ2) is 5.46. The second-order valence-electron chi connectivity index (χ2n) is 3.30. The molecule has 1 heterocycles. The molecule has 1 aromatic rings. The third kappa shape index (κ3) is 2.78. The largest absolute Gasteiger partial charge is 0.382 e. The van der Waals surface area contributed by atoms with E-state index < -0.39 is 0 Å². The number of hydrogen-bond acceptors (Lipinski definition) is 3. The fraction of sp³-hybridized carbons (Fsp3) is 0.778. The lowest BCUT2D eigenvalue weighted by atomic mass is 10.3. The Labute approximate surface area is 92.8 Å². The molecule has 0 fully saturated rings.